The predicted molar refractivity (Wildman–Crippen MR) is 66.3 cm³/mol. The predicted octanol–water partition coefficient (Wildman–Crippen LogP) is 2.86. The molecule has 86 valence electrons. The van der Waals surface area contributed by atoms with Gasteiger partial charge < -0.3 is 0 Å². The van der Waals surface area contributed by atoms with Crippen LogP contribution in [0.25, 0.3) is 0 Å². The lowest BCUT2D eigenvalue weighted by Gasteiger charge is -2.04. The highest BCUT2D eigenvalue weighted by Crippen LogP contribution is 2.19. The monoisotopic (exact) mass is 246 g/mol. The van der Waals surface area contributed by atoms with Crippen LogP contribution in [0.3, 0.4) is 0 Å². The zero-order valence-corrected chi connectivity index (χ0v) is 10.1. The van der Waals surface area contributed by atoms with Crippen LogP contribution in [0.1, 0.15) is 21.5 Å². The van der Waals surface area contributed by atoms with Gasteiger partial charge in [-0.25, -0.2) is 0 Å². The number of aryl methyl sites for hydroxylation is 1. The van der Waals surface area contributed by atoms with Crippen molar-refractivity contribution in [3.63, 3.8) is 0 Å². The van der Waals surface area contributed by atoms with Gasteiger partial charge in [0.15, 0.2) is 5.78 Å². The van der Waals surface area contributed by atoms with E-state index >= 15 is 0 Å². The summed E-state index contributed by atoms with van der Waals surface area (Å²) in [6.07, 6.45) is 3.25. The van der Waals surface area contributed by atoms with E-state index < -0.39 is 0 Å². The molecule has 1 aromatic heterocycles. The minimum absolute atomic E-state index is 0.00865. The molecular weight excluding hydrogens is 236 g/mol. The van der Waals surface area contributed by atoms with Crippen molar-refractivity contribution in [2.24, 2.45) is 0 Å². The first-order valence-corrected chi connectivity index (χ1v) is 5.59. The Morgan fingerprint density at radius 2 is 2.12 bits per heavy atom. The highest BCUT2D eigenvalue weighted by molar-refractivity contribution is 6.31. The van der Waals surface area contributed by atoms with E-state index in [1.807, 2.05) is 25.1 Å². The Balaban J connectivity index is 2.19. The molecule has 0 radical (unpaired) electrons. The Morgan fingerprint density at radius 1 is 1.29 bits per heavy atom. The van der Waals surface area contributed by atoms with Gasteiger partial charge in [0.25, 0.3) is 0 Å². The van der Waals surface area contributed by atoms with Gasteiger partial charge in [-0.1, -0.05) is 23.7 Å². The number of nitrogens with zero attached hydrogens (tertiary/aromatic N) is 2. The average Bonchev–Trinajstić information content (AvgIpc) is 2.34. The Kier molecular flexibility index (Phi) is 3.49. The molecular formula is C13H11ClN2O. The van der Waals surface area contributed by atoms with Crippen LogP contribution in [0.15, 0.2) is 36.7 Å². The largest absolute Gasteiger partial charge is 0.294 e. The fourth-order valence-electron chi connectivity index (χ4n) is 1.53. The van der Waals surface area contributed by atoms with Crippen LogP contribution in [-0.2, 0) is 6.42 Å². The molecule has 0 saturated heterocycles. The van der Waals surface area contributed by atoms with Gasteiger partial charge in [0.1, 0.15) is 0 Å². The number of benzene rings is 1. The minimum Gasteiger partial charge on any atom is -0.294 e. The molecule has 0 amide bonds. The molecule has 3 nitrogen and oxygen atoms in total. The Labute approximate surface area is 104 Å². The fraction of sp³-hybridized carbons (Fsp3) is 0.154. The Bertz CT molecular complexity index is 540. The SMILES string of the molecule is Cc1ccc(CC(=O)c2ccnnc2)c(Cl)c1. The summed E-state index contributed by atoms with van der Waals surface area (Å²) >= 11 is 6.08. The molecule has 0 spiro atoms. The maximum atomic E-state index is 11.9. The summed E-state index contributed by atoms with van der Waals surface area (Å²) in [4.78, 5) is 11.9. The molecule has 0 N–H and O–H groups in total. The second kappa shape index (κ2) is 5.06. The fourth-order valence-corrected chi connectivity index (χ4v) is 1.83. The van der Waals surface area contributed by atoms with Crippen LogP contribution < -0.4 is 0 Å². The van der Waals surface area contributed by atoms with Crippen LogP contribution >= 0.6 is 11.6 Å². The molecule has 0 unspecified atom stereocenters. The third-order valence-electron chi connectivity index (χ3n) is 2.47. The lowest BCUT2D eigenvalue weighted by Crippen LogP contribution is -2.04. The molecule has 4 heteroatoms. The Hall–Kier alpha value is -1.74. The number of halogens is 1. The van der Waals surface area contributed by atoms with E-state index in [1.165, 1.54) is 12.4 Å². The molecule has 0 aliphatic carbocycles. The van der Waals surface area contributed by atoms with Gasteiger partial charge in [0.2, 0.25) is 0 Å². The van der Waals surface area contributed by atoms with Crippen molar-refractivity contribution in [1.82, 2.24) is 10.2 Å². The number of rotatable bonds is 3. The summed E-state index contributed by atoms with van der Waals surface area (Å²) in [7, 11) is 0. The highest BCUT2D eigenvalue weighted by atomic mass is 35.5. The van der Waals surface area contributed by atoms with Crippen LogP contribution in [-0.4, -0.2) is 16.0 Å². The molecule has 2 aromatic rings. The Morgan fingerprint density at radius 3 is 2.76 bits per heavy atom. The van der Waals surface area contributed by atoms with E-state index in [1.54, 1.807) is 6.07 Å². The average molecular weight is 247 g/mol. The summed E-state index contributed by atoms with van der Waals surface area (Å²) in [5.74, 6) is -0.00865. The lowest BCUT2D eigenvalue weighted by atomic mass is 10.0. The smallest absolute Gasteiger partial charge is 0.168 e. The molecule has 0 atom stereocenters. The van der Waals surface area contributed by atoms with Gasteiger partial charge in [-0.3, -0.25) is 4.79 Å². The second-order valence-corrected chi connectivity index (χ2v) is 4.23. The molecule has 2 rings (SSSR count). The van der Waals surface area contributed by atoms with Gasteiger partial charge in [-0.05, 0) is 30.2 Å². The van der Waals surface area contributed by atoms with Gasteiger partial charge in [0, 0.05) is 17.0 Å². The molecule has 1 heterocycles. The van der Waals surface area contributed by atoms with E-state index in [2.05, 4.69) is 10.2 Å². The van der Waals surface area contributed by atoms with Crippen molar-refractivity contribution in [2.75, 3.05) is 0 Å². The van der Waals surface area contributed by atoms with Crippen LogP contribution in [0.5, 0.6) is 0 Å². The molecule has 0 saturated carbocycles. The summed E-state index contributed by atoms with van der Waals surface area (Å²) < 4.78 is 0. The van der Waals surface area contributed by atoms with Gasteiger partial charge >= 0.3 is 0 Å². The summed E-state index contributed by atoms with van der Waals surface area (Å²) in [5.41, 5.74) is 2.47. The highest BCUT2D eigenvalue weighted by Gasteiger charge is 2.09. The van der Waals surface area contributed by atoms with E-state index in [9.17, 15) is 4.79 Å². The number of aromatic nitrogens is 2. The van der Waals surface area contributed by atoms with Gasteiger partial charge in [-0.15, -0.1) is 0 Å². The van der Waals surface area contributed by atoms with E-state index in [4.69, 9.17) is 11.6 Å². The number of carbonyl (C=O) groups is 1. The number of carbonyl (C=O) groups excluding carboxylic acids is 1. The van der Waals surface area contributed by atoms with Gasteiger partial charge in [0.05, 0.1) is 12.4 Å². The normalized spacial score (nSPS) is 10.2. The minimum atomic E-state index is -0.00865. The molecule has 0 bridgehead atoms. The summed E-state index contributed by atoms with van der Waals surface area (Å²) in [6.45, 7) is 1.96. The zero-order chi connectivity index (χ0) is 12.3. The number of hydrogen-bond acceptors (Lipinski definition) is 3. The third-order valence-corrected chi connectivity index (χ3v) is 2.82. The molecule has 17 heavy (non-hydrogen) atoms. The maximum Gasteiger partial charge on any atom is 0.168 e. The third kappa shape index (κ3) is 2.88. The maximum absolute atomic E-state index is 11.9. The van der Waals surface area contributed by atoms with E-state index in [-0.39, 0.29) is 12.2 Å². The number of Topliss-reactive ketones (excluding diaryl/α,β-unsaturated/α-hetero) is 1. The lowest BCUT2D eigenvalue weighted by molar-refractivity contribution is 0.0992. The molecule has 1 aromatic carbocycles. The second-order valence-electron chi connectivity index (χ2n) is 3.83. The van der Waals surface area contributed by atoms with E-state index in [0.29, 0.717) is 10.6 Å². The van der Waals surface area contributed by atoms with E-state index in [0.717, 1.165) is 11.1 Å². The van der Waals surface area contributed by atoms with Crippen molar-refractivity contribution in [3.05, 3.63) is 58.4 Å². The van der Waals surface area contributed by atoms with Crippen molar-refractivity contribution in [1.29, 1.82) is 0 Å². The van der Waals surface area contributed by atoms with Crippen LogP contribution in [0.4, 0.5) is 0 Å². The topological polar surface area (TPSA) is 42.9 Å². The first kappa shape index (κ1) is 11.7. The van der Waals surface area contributed by atoms with Crippen molar-refractivity contribution in [3.8, 4) is 0 Å². The van der Waals surface area contributed by atoms with Crippen molar-refractivity contribution < 1.29 is 4.79 Å². The van der Waals surface area contributed by atoms with Crippen molar-refractivity contribution in [2.45, 2.75) is 13.3 Å². The molecule has 0 fully saturated rings. The first-order valence-electron chi connectivity index (χ1n) is 5.22. The van der Waals surface area contributed by atoms with Crippen molar-refractivity contribution >= 4 is 17.4 Å². The standard InChI is InChI=1S/C13H11ClN2O/c1-9-2-3-10(12(14)6-9)7-13(17)11-4-5-15-16-8-11/h2-6,8H,7H2,1H3. The first-order chi connectivity index (χ1) is 8.16. The zero-order valence-electron chi connectivity index (χ0n) is 9.35. The van der Waals surface area contributed by atoms with Gasteiger partial charge in [-0.2, -0.15) is 10.2 Å². The molecule has 0 aliphatic heterocycles. The van der Waals surface area contributed by atoms with Crippen LogP contribution in [0.2, 0.25) is 5.02 Å². The van der Waals surface area contributed by atoms with Crippen LogP contribution in [0, 0.1) is 6.92 Å². The summed E-state index contributed by atoms with van der Waals surface area (Å²) in [5, 5.41) is 7.94. The molecule has 0 aliphatic rings. The summed E-state index contributed by atoms with van der Waals surface area (Å²) in [6, 6.07) is 7.33. The number of hydrogen-bond donors (Lipinski definition) is 0. The quantitative estimate of drug-likeness (QED) is 0.782. The number of ketones is 1.